The van der Waals surface area contributed by atoms with Crippen LogP contribution in [0.4, 0.5) is 0 Å². The van der Waals surface area contributed by atoms with Crippen LogP contribution in [0.25, 0.3) is 0 Å². The number of nitrogens with zero attached hydrogens (tertiary/aromatic N) is 1. The molecule has 2 aliphatic heterocycles. The van der Waals surface area contributed by atoms with E-state index in [-0.39, 0.29) is 0 Å². The van der Waals surface area contributed by atoms with Crippen LogP contribution in [-0.4, -0.2) is 37.2 Å². The van der Waals surface area contributed by atoms with E-state index < -0.39 is 0 Å². The van der Waals surface area contributed by atoms with E-state index in [2.05, 4.69) is 11.8 Å². The predicted molar refractivity (Wildman–Crippen MR) is 53.8 cm³/mol. The second kappa shape index (κ2) is 4.43. The molecule has 2 fully saturated rings. The Balaban J connectivity index is 1.88. The van der Waals surface area contributed by atoms with Crippen molar-refractivity contribution in [2.45, 2.75) is 38.6 Å². The van der Waals surface area contributed by atoms with Gasteiger partial charge in [-0.2, -0.15) is 0 Å². The Morgan fingerprint density at radius 1 is 1.15 bits per heavy atom. The van der Waals surface area contributed by atoms with Crippen LogP contribution in [0.2, 0.25) is 0 Å². The highest BCUT2D eigenvalue weighted by Crippen LogP contribution is 2.23. The highest BCUT2D eigenvalue weighted by molar-refractivity contribution is 4.81. The minimum Gasteiger partial charge on any atom is -0.381 e. The number of rotatable bonds is 1. The van der Waals surface area contributed by atoms with Gasteiger partial charge in [-0.15, -0.1) is 0 Å². The van der Waals surface area contributed by atoms with E-state index in [1.54, 1.807) is 0 Å². The molecule has 0 bridgehead atoms. The Kier molecular flexibility index (Phi) is 3.23. The Hall–Kier alpha value is -0.0800. The molecule has 0 spiro atoms. The Labute approximate surface area is 81.3 Å². The zero-order valence-corrected chi connectivity index (χ0v) is 8.67. The van der Waals surface area contributed by atoms with Crippen molar-refractivity contribution in [1.82, 2.24) is 4.90 Å². The molecule has 2 atom stereocenters. The molecule has 2 nitrogen and oxygen atoms in total. The van der Waals surface area contributed by atoms with Crippen molar-refractivity contribution in [3.63, 3.8) is 0 Å². The lowest BCUT2D eigenvalue weighted by Gasteiger charge is -2.40. The Morgan fingerprint density at radius 2 is 1.92 bits per heavy atom. The SMILES string of the molecule is CC1COCCC1N1CCCCC1. The number of hydrogen-bond acceptors (Lipinski definition) is 2. The standard InChI is InChI=1S/C11H21NO/c1-10-9-13-8-5-11(10)12-6-3-2-4-7-12/h10-11H,2-9H2,1H3. The van der Waals surface area contributed by atoms with Gasteiger partial charge in [-0.3, -0.25) is 4.90 Å². The first-order valence-corrected chi connectivity index (χ1v) is 5.70. The van der Waals surface area contributed by atoms with Crippen molar-refractivity contribution >= 4 is 0 Å². The molecule has 2 rings (SSSR count). The average molecular weight is 183 g/mol. The summed E-state index contributed by atoms with van der Waals surface area (Å²) in [6, 6.07) is 0.814. The quantitative estimate of drug-likeness (QED) is 0.615. The maximum Gasteiger partial charge on any atom is 0.0506 e. The van der Waals surface area contributed by atoms with E-state index >= 15 is 0 Å². The predicted octanol–water partition coefficient (Wildman–Crippen LogP) is 1.90. The second-order valence-corrected chi connectivity index (χ2v) is 4.50. The van der Waals surface area contributed by atoms with E-state index in [9.17, 15) is 0 Å². The number of hydrogen-bond donors (Lipinski definition) is 0. The maximum absolute atomic E-state index is 5.48. The topological polar surface area (TPSA) is 12.5 Å². The first-order chi connectivity index (χ1) is 6.38. The van der Waals surface area contributed by atoms with Crippen molar-refractivity contribution < 1.29 is 4.74 Å². The molecule has 0 aromatic rings. The van der Waals surface area contributed by atoms with Crippen LogP contribution in [0.15, 0.2) is 0 Å². The van der Waals surface area contributed by atoms with Gasteiger partial charge in [0.15, 0.2) is 0 Å². The molecule has 0 radical (unpaired) electrons. The van der Waals surface area contributed by atoms with Gasteiger partial charge < -0.3 is 4.74 Å². The van der Waals surface area contributed by atoms with Crippen molar-refractivity contribution in [2.75, 3.05) is 26.3 Å². The third-order valence-corrected chi connectivity index (χ3v) is 3.46. The first-order valence-electron chi connectivity index (χ1n) is 5.70. The van der Waals surface area contributed by atoms with Crippen molar-refractivity contribution in [3.05, 3.63) is 0 Å². The van der Waals surface area contributed by atoms with E-state index in [1.165, 1.54) is 38.8 Å². The molecule has 2 heteroatoms. The average Bonchev–Trinajstić information content (AvgIpc) is 2.20. The summed E-state index contributed by atoms with van der Waals surface area (Å²) in [6.45, 7) is 6.94. The van der Waals surface area contributed by atoms with Crippen LogP contribution < -0.4 is 0 Å². The molecule has 0 N–H and O–H groups in total. The maximum atomic E-state index is 5.48. The lowest BCUT2D eigenvalue weighted by molar-refractivity contribution is -0.0116. The molecule has 2 aliphatic rings. The summed E-state index contributed by atoms with van der Waals surface area (Å²) in [6.07, 6.45) is 5.50. The number of piperidine rings is 1. The van der Waals surface area contributed by atoms with Crippen molar-refractivity contribution in [2.24, 2.45) is 5.92 Å². The van der Waals surface area contributed by atoms with Crippen molar-refractivity contribution in [1.29, 1.82) is 0 Å². The van der Waals surface area contributed by atoms with Crippen LogP contribution in [-0.2, 0) is 4.74 Å². The molecule has 76 valence electrons. The van der Waals surface area contributed by atoms with Crippen LogP contribution in [0.5, 0.6) is 0 Å². The molecule has 2 unspecified atom stereocenters. The minimum atomic E-state index is 0.742. The van der Waals surface area contributed by atoms with Gasteiger partial charge in [0.05, 0.1) is 6.61 Å². The number of ether oxygens (including phenoxy) is 1. The zero-order chi connectivity index (χ0) is 9.10. The van der Waals surface area contributed by atoms with Gasteiger partial charge in [0.25, 0.3) is 0 Å². The van der Waals surface area contributed by atoms with E-state index in [1.807, 2.05) is 0 Å². The summed E-state index contributed by atoms with van der Waals surface area (Å²) >= 11 is 0. The van der Waals surface area contributed by atoms with Gasteiger partial charge in [0.2, 0.25) is 0 Å². The summed E-state index contributed by atoms with van der Waals surface area (Å²) < 4.78 is 5.48. The third kappa shape index (κ3) is 2.23. The molecule has 2 heterocycles. The van der Waals surface area contributed by atoms with E-state index in [0.717, 1.165) is 25.2 Å². The number of likely N-dealkylation sites (tertiary alicyclic amines) is 1. The summed E-state index contributed by atoms with van der Waals surface area (Å²) in [5, 5.41) is 0. The lowest BCUT2D eigenvalue weighted by atomic mass is 9.94. The van der Waals surface area contributed by atoms with Gasteiger partial charge >= 0.3 is 0 Å². The summed E-state index contributed by atoms with van der Waals surface area (Å²) in [7, 11) is 0. The highest BCUT2D eigenvalue weighted by Gasteiger charge is 2.28. The van der Waals surface area contributed by atoms with Crippen LogP contribution in [0.3, 0.4) is 0 Å². The molecule has 0 aromatic heterocycles. The van der Waals surface area contributed by atoms with Crippen molar-refractivity contribution in [3.8, 4) is 0 Å². The molecule has 0 amide bonds. The smallest absolute Gasteiger partial charge is 0.0506 e. The van der Waals surface area contributed by atoms with E-state index in [4.69, 9.17) is 4.74 Å². The fourth-order valence-corrected chi connectivity index (χ4v) is 2.66. The Bertz CT molecular complexity index is 154. The van der Waals surface area contributed by atoms with Crippen LogP contribution in [0.1, 0.15) is 32.6 Å². The summed E-state index contributed by atoms with van der Waals surface area (Å²) in [4.78, 5) is 2.69. The van der Waals surface area contributed by atoms with Crippen LogP contribution in [0, 0.1) is 5.92 Å². The van der Waals surface area contributed by atoms with Gasteiger partial charge in [0, 0.05) is 12.6 Å². The zero-order valence-electron chi connectivity index (χ0n) is 8.67. The molecular weight excluding hydrogens is 162 g/mol. The molecule has 0 aromatic carbocycles. The molecule has 13 heavy (non-hydrogen) atoms. The van der Waals surface area contributed by atoms with Gasteiger partial charge in [0.1, 0.15) is 0 Å². The van der Waals surface area contributed by atoms with Crippen LogP contribution >= 0.6 is 0 Å². The third-order valence-electron chi connectivity index (χ3n) is 3.46. The molecule has 0 saturated carbocycles. The summed E-state index contributed by atoms with van der Waals surface area (Å²) in [5.74, 6) is 0.742. The first kappa shape index (κ1) is 9.47. The normalized spacial score (nSPS) is 37.6. The molecular formula is C11H21NO. The van der Waals surface area contributed by atoms with Gasteiger partial charge in [-0.1, -0.05) is 13.3 Å². The fraction of sp³-hybridized carbons (Fsp3) is 1.00. The lowest BCUT2D eigenvalue weighted by Crippen LogP contribution is -2.46. The fourth-order valence-electron chi connectivity index (χ4n) is 2.66. The van der Waals surface area contributed by atoms with Gasteiger partial charge in [-0.05, 0) is 38.3 Å². The monoisotopic (exact) mass is 183 g/mol. The minimum absolute atomic E-state index is 0.742. The molecule has 0 aliphatic carbocycles. The largest absolute Gasteiger partial charge is 0.381 e. The second-order valence-electron chi connectivity index (χ2n) is 4.50. The highest BCUT2D eigenvalue weighted by atomic mass is 16.5. The Morgan fingerprint density at radius 3 is 2.62 bits per heavy atom. The van der Waals surface area contributed by atoms with Gasteiger partial charge in [-0.25, -0.2) is 0 Å². The van der Waals surface area contributed by atoms with E-state index in [0.29, 0.717) is 0 Å². The summed E-state index contributed by atoms with van der Waals surface area (Å²) in [5.41, 5.74) is 0. The molecule has 2 saturated heterocycles.